The molecular formula is C9H16O4. The fourth-order valence-electron chi connectivity index (χ4n) is 1.70. The predicted octanol–water partition coefficient (Wildman–Crippen LogP) is 1.05. The largest absolute Gasteiger partial charge is 0.481 e. The van der Waals surface area contributed by atoms with Crippen LogP contribution in [0.2, 0.25) is 0 Å². The van der Waals surface area contributed by atoms with Crippen molar-refractivity contribution >= 4 is 5.97 Å². The minimum Gasteiger partial charge on any atom is -0.481 e. The van der Waals surface area contributed by atoms with Crippen LogP contribution in [0, 0.1) is 0 Å². The minimum atomic E-state index is -0.796. The number of rotatable bonds is 4. The molecule has 0 amide bonds. The third-order valence-electron chi connectivity index (χ3n) is 2.33. The Balaban J connectivity index is 2.55. The van der Waals surface area contributed by atoms with Crippen molar-refractivity contribution in [1.82, 2.24) is 0 Å². The number of hydrogen-bond acceptors (Lipinski definition) is 3. The zero-order chi connectivity index (χ0) is 9.73. The van der Waals surface area contributed by atoms with Gasteiger partial charge in [0.25, 0.3) is 0 Å². The standard InChI is InChI=1S/C9H16O4/c1-2-13-9(7-8(10)11)3-5-12-6-4-9/h2-7H2,1H3,(H,10,11). The van der Waals surface area contributed by atoms with Crippen LogP contribution >= 0.6 is 0 Å². The van der Waals surface area contributed by atoms with Gasteiger partial charge in [-0.1, -0.05) is 0 Å². The molecule has 4 nitrogen and oxygen atoms in total. The highest BCUT2D eigenvalue weighted by atomic mass is 16.5. The van der Waals surface area contributed by atoms with Crippen LogP contribution in [0.25, 0.3) is 0 Å². The normalized spacial score (nSPS) is 21.3. The Bertz CT molecular complexity index is 167. The van der Waals surface area contributed by atoms with Crippen molar-refractivity contribution < 1.29 is 19.4 Å². The van der Waals surface area contributed by atoms with E-state index in [1.165, 1.54) is 0 Å². The summed E-state index contributed by atoms with van der Waals surface area (Å²) in [5, 5.41) is 8.74. The third-order valence-corrected chi connectivity index (χ3v) is 2.33. The first kappa shape index (κ1) is 10.5. The quantitative estimate of drug-likeness (QED) is 0.716. The van der Waals surface area contributed by atoms with Crippen LogP contribution in [-0.2, 0) is 14.3 Å². The van der Waals surface area contributed by atoms with Gasteiger partial charge in [0, 0.05) is 32.7 Å². The molecule has 0 saturated carbocycles. The Hall–Kier alpha value is -0.610. The fraction of sp³-hybridized carbons (Fsp3) is 0.889. The van der Waals surface area contributed by atoms with Crippen molar-refractivity contribution in [1.29, 1.82) is 0 Å². The summed E-state index contributed by atoms with van der Waals surface area (Å²) in [4.78, 5) is 10.6. The summed E-state index contributed by atoms with van der Waals surface area (Å²) in [5.41, 5.74) is -0.473. The van der Waals surface area contributed by atoms with Gasteiger partial charge in [-0.25, -0.2) is 0 Å². The highest BCUT2D eigenvalue weighted by molar-refractivity contribution is 5.68. The van der Waals surface area contributed by atoms with Crippen LogP contribution in [0.4, 0.5) is 0 Å². The van der Waals surface area contributed by atoms with Crippen molar-refractivity contribution in [3.8, 4) is 0 Å². The number of aliphatic carboxylic acids is 1. The first-order valence-electron chi connectivity index (χ1n) is 4.62. The Kier molecular flexibility index (Phi) is 3.69. The highest BCUT2D eigenvalue weighted by Gasteiger charge is 2.35. The van der Waals surface area contributed by atoms with E-state index in [0.717, 1.165) is 0 Å². The van der Waals surface area contributed by atoms with Crippen molar-refractivity contribution in [2.45, 2.75) is 31.8 Å². The molecular weight excluding hydrogens is 172 g/mol. The number of ether oxygens (including phenoxy) is 2. The predicted molar refractivity (Wildman–Crippen MR) is 46.7 cm³/mol. The Morgan fingerprint density at radius 3 is 2.62 bits per heavy atom. The molecule has 0 spiro atoms. The molecule has 1 fully saturated rings. The van der Waals surface area contributed by atoms with Gasteiger partial charge >= 0.3 is 5.97 Å². The zero-order valence-corrected chi connectivity index (χ0v) is 7.91. The maximum Gasteiger partial charge on any atom is 0.306 e. The van der Waals surface area contributed by atoms with Crippen molar-refractivity contribution in [2.24, 2.45) is 0 Å². The van der Waals surface area contributed by atoms with E-state index in [1.54, 1.807) is 0 Å². The van der Waals surface area contributed by atoms with Gasteiger partial charge in [0.05, 0.1) is 12.0 Å². The van der Waals surface area contributed by atoms with E-state index < -0.39 is 11.6 Å². The molecule has 0 aromatic carbocycles. The monoisotopic (exact) mass is 188 g/mol. The summed E-state index contributed by atoms with van der Waals surface area (Å²) in [6, 6.07) is 0. The third kappa shape index (κ3) is 2.97. The van der Waals surface area contributed by atoms with E-state index in [2.05, 4.69) is 0 Å². The average Bonchev–Trinajstić information content (AvgIpc) is 2.04. The first-order chi connectivity index (χ1) is 6.18. The lowest BCUT2D eigenvalue weighted by Gasteiger charge is -2.35. The highest BCUT2D eigenvalue weighted by Crippen LogP contribution is 2.28. The van der Waals surface area contributed by atoms with E-state index in [1.807, 2.05) is 6.92 Å². The van der Waals surface area contributed by atoms with Crippen LogP contribution in [0.15, 0.2) is 0 Å². The molecule has 76 valence electrons. The van der Waals surface area contributed by atoms with Crippen LogP contribution < -0.4 is 0 Å². The topological polar surface area (TPSA) is 55.8 Å². The molecule has 1 rings (SSSR count). The maximum absolute atomic E-state index is 10.6. The Morgan fingerprint density at radius 2 is 2.15 bits per heavy atom. The van der Waals surface area contributed by atoms with Crippen LogP contribution in [0.3, 0.4) is 0 Å². The number of carboxylic acid groups (broad SMARTS) is 1. The fourth-order valence-corrected chi connectivity index (χ4v) is 1.70. The molecule has 0 unspecified atom stereocenters. The lowest BCUT2D eigenvalue weighted by molar-refractivity contribution is -0.153. The van der Waals surface area contributed by atoms with Gasteiger partial charge in [0.2, 0.25) is 0 Å². The zero-order valence-electron chi connectivity index (χ0n) is 7.91. The van der Waals surface area contributed by atoms with Crippen molar-refractivity contribution in [2.75, 3.05) is 19.8 Å². The summed E-state index contributed by atoms with van der Waals surface area (Å²) in [6.07, 6.45) is 1.46. The van der Waals surface area contributed by atoms with Crippen molar-refractivity contribution in [3.05, 3.63) is 0 Å². The van der Waals surface area contributed by atoms with Gasteiger partial charge in [-0.15, -0.1) is 0 Å². The summed E-state index contributed by atoms with van der Waals surface area (Å²) in [7, 11) is 0. The van der Waals surface area contributed by atoms with Gasteiger partial charge in [-0.05, 0) is 6.92 Å². The lowest BCUT2D eigenvalue weighted by atomic mass is 9.90. The molecule has 1 aliphatic heterocycles. The molecule has 0 bridgehead atoms. The summed E-state index contributed by atoms with van der Waals surface area (Å²) in [6.45, 7) is 3.66. The van der Waals surface area contributed by atoms with E-state index >= 15 is 0 Å². The van der Waals surface area contributed by atoms with E-state index in [9.17, 15) is 4.79 Å². The van der Waals surface area contributed by atoms with E-state index in [-0.39, 0.29) is 6.42 Å². The molecule has 13 heavy (non-hydrogen) atoms. The van der Waals surface area contributed by atoms with Crippen LogP contribution in [0.5, 0.6) is 0 Å². The van der Waals surface area contributed by atoms with Crippen LogP contribution in [0.1, 0.15) is 26.2 Å². The maximum atomic E-state index is 10.6. The molecule has 0 aromatic heterocycles. The SMILES string of the molecule is CCOC1(CC(=O)O)CCOCC1. The van der Waals surface area contributed by atoms with Gasteiger partial charge in [0.15, 0.2) is 0 Å². The molecule has 1 saturated heterocycles. The Morgan fingerprint density at radius 1 is 1.54 bits per heavy atom. The van der Waals surface area contributed by atoms with Gasteiger partial charge in [0.1, 0.15) is 0 Å². The molecule has 0 radical (unpaired) electrons. The van der Waals surface area contributed by atoms with Gasteiger partial charge in [-0.3, -0.25) is 4.79 Å². The molecule has 1 heterocycles. The second-order valence-electron chi connectivity index (χ2n) is 3.30. The van der Waals surface area contributed by atoms with Gasteiger partial charge in [-0.2, -0.15) is 0 Å². The Labute approximate surface area is 77.8 Å². The molecule has 0 aromatic rings. The number of carboxylic acids is 1. The van der Waals surface area contributed by atoms with Crippen molar-refractivity contribution in [3.63, 3.8) is 0 Å². The summed E-state index contributed by atoms with van der Waals surface area (Å²) in [5.74, 6) is -0.796. The molecule has 0 atom stereocenters. The summed E-state index contributed by atoms with van der Waals surface area (Å²) < 4.78 is 10.7. The lowest BCUT2D eigenvalue weighted by Crippen LogP contribution is -2.41. The molecule has 0 aliphatic carbocycles. The first-order valence-corrected chi connectivity index (χ1v) is 4.62. The number of carbonyl (C=O) groups is 1. The minimum absolute atomic E-state index is 0.0875. The average molecular weight is 188 g/mol. The van der Waals surface area contributed by atoms with Crippen LogP contribution in [-0.4, -0.2) is 36.5 Å². The molecule has 1 N–H and O–H groups in total. The van der Waals surface area contributed by atoms with E-state index in [4.69, 9.17) is 14.6 Å². The molecule has 4 heteroatoms. The smallest absolute Gasteiger partial charge is 0.306 e. The number of hydrogen-bond donors (Lipinski definition) is 1. The molecule has 1 aliphatic rings. The second-order valence-corrected chi connectivity index (χ2v) is 3.30. The summed E-state index contributed by atoms with van der Waals surface area (Å²) >= 11 is 0. The second kappa shape index (κ2) is 4.58. The van der Waals surface area contributed by atoms with Gasteiger partial charge < -0.3 is 14.6 Å². The van der Waals surface area contributed by atoms with E-state index in [0.29, 0.717) is 32.7 Å².